The van der Waals surface area contributed by atoms with E-state index in [9.17, 15) is 4.79 Å². The molecule has 1 aromatic heterocycles. The number of azo groups is 1. The van der Waals surface area contributed by atoms with Crippen LogP contribution in [0.25, 0.3) is 10.8 Å². The number of nitrogens with zero attached hydrogens (tertiary/aromatic N) is 3. The quantitative estimate of drug-likeness (QED) is 0.674. The van der Waals surface area contributed by atoms with Crippen LogP contribution in [-0.2, 0) is 0 Å². The molecule has 20 heavy (non-hydrogen) atoms. The number of carbonyl (C=O) groups is 1. The van der Waals surface area contributed by atoms with Crippen molar-refractivity contribution in [3.05, 3.63) is 65.5 Å². The van der Waals surface area contributed by atoms with Crippen LogP contribution in [0.2, 0.25) is 0 Å². The van der Waals surface area contributed by atoms with Crippen molar-refractivity contribution >= 4 is 16.7 Å². The third-order valence-corrected chi connectivity index (χ3v) is 3.45. The molecule has 2 aromatic carbocycles. The molecule has 1 aliphatic rings. The number of benzene rings is 2. The topological polar surface area (TPSA) is 67.8 Å². The first-order chi connectivity index (χ1) is 9.83. The second-order valence-corrected chi connectivity index (χ2v) is 4.65. The number of hydrogen-bond acceptors (Lipinski definition) is 4. The van der Waals surface area contributed by atoms with Gasteiger partial charge in [0, 0.05) is 0 Å². The van der Waals surface area contributed by atoms with Crippen LogP contribution in [0.4, 0.5) is 0 Å². The van der Waals surface area contributed by atoms with Crippen LogP contribution in [0.1, 0.15) is 27.7 Å². The number of carbonyl (C=O) groups excluding carboxylic acids is 1. The third-order valence-electron chi connectivity index (χ3n) is 3.45. The van der Waals surface area contributed by atoms with Gasteiger partial charge in [0.15, 0.2) is 5.69 Å². The molecule has 2 heterocycles. The van der Waals surface area contributed by atoms with Crippen LogP contribution < -0.4 is 0 Å². The van der Waals surface area contributed by atoms with Gasteiger partial charge in [-0.05, 0) is 22.4 Å². The summed E-state index contributed by atoms with van der Waals surface area (Å²) in [5.74, 6) is -0.453. The van der Waals surface area contributed by atoms with E-state index in [2.05, 4.69) is 21.5 Å². The highest BCUT2D eigenvalue weighted by Gasteiger charge is 2.29. The van der Waals surface area contributed by atoms with Gasteiger partial charge in [-0.1, -0.05) is 41.6 Å². The van der Waals surface area contributed by atoms with Gasteiger partial charge >= 0.3 is 5.91 Å². The lowest BCUT2D eigenvalue weighted by atomic mass is 9.96. The highest BCUT2D eigenvalue weighted by atomic mass is 16.5. The molecule has 96 valence electrons. The van der Waals surface area contributed by atoms with Crippen molar-refractivity contribution in [3.8, 4) is 0 Å². The molecular formula is C15H9N3O2. The second-order valence-electron chi connectivity index (χ2n) is 4.65. The van der Waals surface area contributed by atoms with E-state index in [-0.39, 0.29) is 11.7 Å². The van der Waals surface area contributed by atoms with Crippen LogP contribution in [-0.4, -0.2) is 11.1 Å². The molecule has 0 saturated heterocycles. The molecule has 0 aliphatic carbocycles. The van der Waals surface area contributed by atoms with E-state index in [1.165, 1.54) is 6.26 Å². The normalized spacial score (nSPS) is 17.4. The molecular weight excluding hydrogens is 254 g/mol. The summed E-state index contributed by atoms with van der Waals surface area (Å²) < 4.78 is 4.89. The van der Waals surface area contributed by atoms with Crippen molar-refractivity contribution in [1.82, 2.24) is 5.16 Å². The third kappa shape index (κ3) is 1.56. The molecule has 5 nitrogen and oxygen atoms in total. The van der Waals surface area contributed by atoms with E-state index < -0.39 is 5.91 Å². The minimum atomic E-state index is -0.453. The van der Waals surface area contributed by atoms with Crippen LogP contribution in [0, 0.1) is 0 Å². The van der Waals surface area contributed by atoms with E-state index in [0.29, 0.717) is 5.56 Å². The zero-order chi connectivity index (χ0) is 13.5. The fraction of sp³-hybridized carbons (Fsp3) is 0.0667. The first-order valence-corrected chi connectivity index (χ1v) is 6.21. The Morgan fingerprint density at radius 2 is 1.90 bits per heavy atom. The summed E-state index contributed by atoms with van der Waals surface area (Å²) in [6.45, 7) is 0. The van der Waals surface area contributed by atoms with Crippen molar-refractivity contribution in [2.24, 2.45) is 10.2 Å². The van der Waals surface area contributed by atoms with Gasteiger partial charge in [0.25, 0.3) is 0 Å². The summed E-state index contributed by atoms with van der Waals surface area (Å²) in [4.78, 5) is 11.6. The monoisotopic (exact) mass is 263 g/mol. The fourth-order valence-electron chi connectivity index (χ4n) is 2.44. The first-order valence-electron chi connectivity index (χ1n) is 6.21. The van der Waals surface area contributed by atoms with Gasteiger partial charge in [-0.2, -0.15) is 5.11 Å². The summed E-state index contributed by atoms with van der Waals surface area (Å²) in [7, 11) is 0. The molecule has 1 unspecified atom stereocenters. The van der Waals surface area contributed by atoms with Gasteiger partial charge in [0.2, 0.25) is 0 Å². The predicted octanol–water partition coefficient (Wildman–Crippen LogP) is 3.52. The van der Waals surface area contributed by atoms with Gasteiger partial charge in [-0.3, -0.25) is 4.79 Å². The Hall–Kier alpha value is -2.82. The molecule has 4 rings (SSSR count). The molecule has 1 aliphatic heterocycles. The molecule has 0 fully saturated rings. The molecule has 0 spiro atoms. The molecule has 1 atom stereocenters. The highest BCUT2D eigenvalue weighted by Crippen LogP contribution is 2.33. The molecule has 5 heteroatoms. The lowest BCUT2D eigenvalue weighted by Crippen LogP contribution is -2.09. The van der Waals surface area contributed by atoms with Crippen LogP contribution in [0.5, 0.6) is 0 Å². The summed E-state index contributed by atoms with van der Waals surface area (Å²) in [6.07, 6.45) is 1.46. The van der Waals surface area contributed by atoms with Crippen LogP contribution in [0.15, 0.2) is 63.5 Å². The largest absolute Gasteiger partial charge is 0.364 e. The van der Waals surface area contributed by atoms with Gasteiger partial charge in [0.05, 0.1) is 5.56 Å². The van der Waals surface area contributed by atoms with Crippen molar-refractivity contribution in [2.45, 2.75) is 6.04 Å². The maximum absolute atomic E-state index is 11.6. The molecule has 1 amide bonds. The number of aromatic nitrogens is 1. The molecule has 0 saturated carbocycles. The van der Waals surface area contributed by atoms with Gasteiger partial charge in [-0.15, -0.1) is 5.11 Å². The maximum Gasteiger partial charge on any atom is 0.317 e. The van der Waals surface area contributed by atoms with E-state index in [0.717, 1.165) is 16.3 Å². The Balaban J connectivity index is 1.88. The van der Waals surface area contributed by atoms with Crippen molar-refractivity contribution in [3.63, 3.8) is 0 Å². The van der Waals surface area contributed by atoms with E-state index in [1.54, 1.807) is 0 Å². The average Bonchev–Trinajstić information content (AvgIpc) is 2.98. The summed E-state index contributed by atoms with van der Waals surface area (Å²) in [5.41, 5.74) is 1.88. The summed E-state index contributed by atoms with van der Waals surface area (Å²) in [5, 5.41) is 13.7. The molecule has 0 bridgehead atoms. The standard InChI is InChI=1S/C15H9N3O2/c19-15-14-12(8-20-18-14)13(16-17-15)11-6-5-9-3-1-2-4-10(9)7-11/h1-8,13H. The Morgan fingerprint density at radius 1 is 1.05 bits per heavy atom. The van der Waals surface area contributed by atoms with Gasteiger partial charge in [0.1, 0.15) is 12.3 Å². The Morgan fingerprint density at radius 3 is 2.80 bits per heavy atom. The number of fused-ring (bicyclic) bond motifs is 2. The van der Waals surface area contributed by atoms with E-state index >= 15 is 0 Å². The minimum Gasteiger partial charge on any atom is -0.364 e. The first kappa shape index (κ1) is 11.0. The van der Waals surface area contributed by atoms with Crippen LogP contribution in [0.3, 0.4) is 0 Å². The number of rotatable bonds is 1. The highest BCUT2D eigenvalue weighted by molar-refractivity contribution is 5.95. The Kier molecular flexibility index (Phi) is 2.26. The zero-order valence-electron chi connectivity index (χ0n) is 10.4. The smallest absolute Gasteiger partial charge is 0.317 e. The van der Waals surface area contributed by atoms with E-state index in [1.807, 2.05) is 36.4 Å². The van der Waals surface area contributed by atoms with Gasteiger partial charge in [-0.25, -0.2) is 0 Å². The summed E-state index contributed by atoms with van der Waals surface area (Å²) >= 11 is 0. The van der Waals surface area contributed by atoms with Crippen molar-refractivity contribution in [1.29, 1.82) is 0 Å². The lowest BCUT2D eigenvalue weighted by molar-refractivity contribution is 0.0978. The predicted molar refractivity (Wildman–Crippen MR) is 71.5 cm³/mol. The van der Waals surface area contributed by atoms with Crippen LogP contribution >= 0.6 is 0 Å². The second kappa shape index (κ2) is 4.09. The minimum absolute atomic E-state index is 0.248. The Labute approximate surface area is 113 Å². The van der Waals surface area contributed by atoms with E-state index in [4.69, 9.17) is 4.52 Å². The molecule has 0 radical (unpaired) electrons. The lowest BCUT2D eigenvalue weighted by Gasteiger charge is -2.14. The number of hydrogen-bond donors (Lipinski definition) is 0. The fourth-order valence-corrected chi connectivity index (χ4v) is 2.44. The van der Waals surface area contributed by atoms with Crippen molar-refractivity contribution in [2.75, 3.05) is 0 Å². The average molecular weight is 263 g/mol. The van der Waals surface area contributed by atoms with Gasteiger partial charge < -0.3 is 4.52 Å². The molecule has 3 aromatic rings. The summed E-state index contributed by atoms with van der Waals surface area (Å²) in [6, 6.07) is 13.8. The SMILES string of the molecule is O=C1N=NC(c2ccc3ccccc3c2)c2conc21. The van der Waals surface area contributed by atoms with Crippen molar-refractivity contribution < 1.29 is 9.32 Å². The maximum atomic E-state index is 11.6. The Bertz CT molecular complexity index is 851. The molecule has 0 N–H and O–H groups in total. The number of amides is 1. The zero-order valence-corrected chi connectivity index (χ0v) is 10.4.